The molecule has 0 aromatic heterocycles. The molecule has 34 heavy (non-hydrogen) atoms. The number of ether oxygens (including phenoxy) is 2. The monoisotopic (exact) mass is 466 g/mol. The standard InChI is InChI=1S/C26H30N2O6/c1-26(2,3)34-25(32)28-13-12-16(23(29)30)14-22(28)27-24(31)33-15-21-19-10-6-4-8-17(19)18-9-5-7-11-20(18)21/h4-11,16,21-22H,12-15H2,1-3H3,(H,27,31)(H,29,30)/t16-,22+/m0/s1. The summed E-state index contributed by atoms with van der Waals surface area (Å²) in [7, 11) is 0. The summed E-state index contributed by atoms with van der Waals surface area (Å²) in [6, 6.07) is 16.1. The molecule has 0 radical (unpaired) electrons. The van der Waals surface area contributed by atoms with Crippen molar-refractivity contribution in [2.45, 2.75) is 51.3 Å². The normalized spacial score (nSPS) is 19.7. The molecule has 8 nitrogen and oxygen atoms in total. The number of hydrogen-bond acceptors (Lipinski definition) is 5. The largest absolute Gasteiger partial charge is 0.481 e. The zero-order chi connectivity index (χ0) is 24.5. The van der Waals surface area contributed by atoms with Gasteiger partial charge in [0, 0.05) is 12.5 Å². The van der Waals surface area contributed by atoms with E-state index in [1.807, 2.05) is 36.4 Å². The van der Waals surface area contributed by atoms with Crippen LogP contribution in [0, 0.1) is 5.92 Å². The minimum Gasteiger partial charge on any atom is -0.481 e. The molecule has 0 bridgehead atoms. The lowest BCUT2D eigenvalue weighted by Crippen LogP contribution is -2.56. The molecule has 0 saturated carbocycles. The number of benzene rings is 2. The first-order valence-corrected chi connectivity index (χ1v) is 11.5. The Balaban J connectivity index is 1.45. The van der Waals surface area contributed by atoms with E-state index < -0.39 is 35.8 Å². The first-order valence-electron chi connectivity index (χ1n) is 11.5. The first-order chi connectivity index (χ1) is 16.1. The summed E-state index contributed by atoms with van der Waals surface area (Å²) in [5.74, 6) is -1.72. The van der Waals surface area contributed by atoms with E-state index in [2.05, 4.69) is 17.4 Å². The lowest BCUT2D eigenvalue weighted by Gasteiger charge is -2.38. The second-order valence-electron chi connectivity index (χ2n) is 9.72. The van der Waals surface area contributed by atoms with E-state index >= 15 is 0 Å². The van der Waals surface area contributed by atoms with Crippen molar-refractivity contribution in [2.75, 3.05) is 13.2 Å². The van der Waals surface area contributed by atoms with E-state index in [0.29, 0.717) is 0 Å². The van der Waals surface area contributed by atoms with Gasteiger partial charge in [-0.2, -0.15) is 0 Å². The minimum atomic E-state index is -0.955. The number of carbonyl (C=O) groups excluding carboxylic acids is 2. The van der Waals surface area contributed by atoms with Crippen LogP contribution in [0.15, 0.2) is 48.5 Å². The van der Waals surface area contributed by atoms with Crippen molar-refractivity contribution in [3.8, 4) is 11.1 Å². The van der Waals surface area contributed by atoms with Crippen LogP contribution in [0.3, 0.4) is 0 Å². The van der Waals surface area contributed by atoms with Crippen LogP contribution >= 0.6 is 0 Å². The summed E-state index contributed by atoms with van der Waals surface area (Å²) < 4.78 is 11.0. The molecule has 2 amide bonds. The summed E-state index contributed by atoms with van der Waals surface area (Å²) >= 11 is 0. The van der Waals surface area contributed by atoms with E-state index in [1.54, 1.807) is 20.8 Å². The molecule has 0 spiro atoms. The molecule has 1 aliphatic carbocycles. The highest BCUT2D eigenvalue weighted by molar-refractivity contribution is 5.79. The molecule has 0 unspecified atom stereocenters. The Kier molecular flexibility index (Phi) is 6.50. The molecule has 8 heteroatoms. The molecule has 2 atom stereocenters. The van der Waals surface area contributed by atoms with Gasteiger partial charge < -0.3 is 19.9 Å². The molecule has 1 heterocycles. The number of carboxylic acid groups (broad SMARTS) is 1. The molecular formula is C26H30N2O6. The third-order valence-electron chi connectivity index (χ3n) is 6.21. The van der Waals surface area contributed by atoms with Crippen LogP contribution in [0.5, 0.6) is 0 Å². The Morgan fingerprint density at radius 3 is 2.18 bits per heavy atom. The highest BCUT2D eigenvalue weighted by atomic mass is 16.6. The number of carbonyl (C=O) groups is 3. The van der Waals surface area contributed by atoms with Crippen LogP contribution in [0.4, 0.5) is 9.59 Å². The average Bonchev–Trinajstić information content (AvgIpc) is 3.10. The van der Waals surface area contributed by atoms with Crippen LogP contribution in [-0.2, 0) is 14.3 Å². The van der Waals surface area contributed by atoms with Gasteiger partial charge in [0.2, 0.25) is 0 Å². The van der Waals surface area contributed by atoms with Crippen molar-refractivity contribution < 1.29 is 29.0 Å². The Morgan fingerprint density at radius 2 is 1.62 bits per heavy atom. The maximum absolute atomic E-state index is 12.8. The van der Waals surface area contributed by atoms with Gasteiger partial charge in [0.1, 0.15) is 18.4 Å². The number of fused-ring (bicyclic) bond motifs is 3. The van der Waals surface area contributed by atoms with Gasteiger partial charge in [0.05, 0.1) is 5.92 Å². The third-order valence-corrected chi connectivity index (χ3v) is 6.21. The SMILES string of the molecule is CC(C)(C)OC(=O)N1CC[C@H](C(=O)O)C[C@@H]1NC(=O)OCC1c2ccccc2-c2ccccc21. The molecule has 2 aliphatic rings. The topological polar surface area (TPSA) is 105 Å². The zero-order valence-electron chi connectivity index (χ0n) is 19.6. The maximum atomic E-state index is 12.8. The summed E-state index contributed by atoms with van der Waals surface area (Å²) in [4.78, 5) is 38.4. The van der Waals surface area contributed by atoms with Crippen LogP contribution in [0.25, 0.3) is 11.1 Å². The van der Waals surface area contributed by atoms with Crippen LogP contribution < -0.4 is 5.32 Å². The Labute approximate surface area is 198 Å². The Morgan fingerprint density at radius 1 is 1.03 bits per heavy atom. The Bertz CT molecular complexity index is 1050. The highest BCUT2D eigenvalue weighted by Crippen LogP contribution is 2.44. The van der Waals surface area contributed by atoms with Crippen molar-refractivity contribution in [3.63, 3.8) is 0 Å². The van der Waals surface area contributed by atoms with E-state index in [0.717, 1.165) is 22.3 Å². The summed E-state index contributed by atoms with van der Waals surface area (Å²) in [6.07, 6.45) is -1.76. The molecule has 1 fully saturated rings. The smallest absolute Gasteiger partial charge is 0.411 e. The minimum absolute atomic E-state index is 0.0821. The van der Waals surface area contributed by atoms with E-state index in [-0.39, 0.29) is 31.9 Å². The maximum Gasteiger partial charge on any atom is 0.411 e. The third kappa shape index (κ3) is 5.00. The number of rotatable bonds is 4. The van der Waals surface area contributed by atoms with Crippen molar-refractivity contribution in [1.82, 2.24) is 10.2 Å². The van der Waals surface area contributed by atoms with Gasteiger partial charge in [-0.1, -0.05) is 48.5 Å². The number of alkyl carbamates (subject to hydrolysis) is 1. The van der Waals surface area contributed by atoms with Crippen molar-refractivity contribution in [3.05, 3.63) is 59.7 Å². The van der Waals surface area contributed by atoms with Crippen molar-refractivity contribution in [2.24, 2.45) is 5.92 Å². The Hall–Kier alpha value is -3.55. The number of likely N-dealkylation sites (tertiary alicyclic amines) is 1. The number of carboxylic acids is 1. The van der Waals surface area contributed by atoms with Gasteiger partial charge in [0.25, 0.3) is 0 Å². The van der Waals surface area contributed by atoms with Gasteiger partial charge in [0.15, 0.2) is 0 Å². The summed E-state index contributed by atoms with van der Waals surface area (Å²) in [6.45, 7) is 5.55. The quantitative estimate of drug-likeness (QED) is 0.683. The molecule has 4 rings (SSSR count). The highest BCUT2D eigenvalue weighted by Gasteiger charge is 2.38. The van der Waals surface area contributed by atoms with E-state index in [1.165, 1.54) is 4.90 Å². The van der Waals surface area contributed by atoms with Gasteiger partial charge >= 0.3 is 18.2 Å². The summed E-state index contributed by atoms with van der Waals surface area (Å²) in [5, 5.41) is 12.1. The molecule has 2 N–H and O–H groups in total. The van der Waals surface area contributed by atoms with Gasteiger partial charge in [-0.05, 0) is 55.9 Å². The van der Waals surface area contributed by atoms with E-state index in [9.17, 15) is 19.5 Å². The van der Waals surface area contributed by atoms with Gasteiger partial charge in [-0.15, -0.1) is 0 Å². The lowest BCUT2D eigenvalue weighted by atomic mass is 9.95. The fourth-order valence-electron chi connectivity index (χ4n) is 4.64. The number of nitrogens with one attached hydrogen (secondary N) is 1. The lowest BCUT2D eigenvalue weighted by molar-refractivity contribution is -0.144. The van der Waals surface area contributed by atoms with Gasteiger partial charge in [-0.3, -0.25) is 9.69 Å². The zero-order valence-corrected chi connectivity index (χ0v) is 19.6. The average molecular weight is 467 g/mol. The molecule has 2 aromatic rings. The predicted octanol–water partition coefficient (Wildman–Crippen LogP) is 4.58. The van der Waals surface area contributed by atoms with Crippen molar-refractivity contribution >= 4 is 18.2 Å². The molecule has 1 aliphatic heterocycles. The number of amides is 2. The molecular weight excluding hydrogens is 436 g/mol. The van der Waals surface area contributed by atoms with Crippen molar-refractivity contribution in [1.29, 1.82) is 0 Å². The number of hydrogen-bond donors (Lipinski definition) is 2. The second-order valence-corrected chi connectivity index (χ2v) is 9.72. The summed E-state index contributed by atoms with van der Waals surface area (Å²) in [5.41, 5.74) is 3.72. The molecule has 1 saturated heterocycles. The number of nitrogens with zero attached hydrogens (tertiary/aromatic N) is 1. The fraction of sp³-hybridized carbons (Fsp3) is 0.423. The van der Waals surface area contributed by atoms with Crippen LogP contribution in [-0.4, -0.2) is 53.1 Å². The first kappa shape index (κ1) is 23.6. The predicted molar refractivity (Wildman–Crippen MR) is 125 cm³/mol. The number of aliphatic carboxylic acids is 1. The van der Waals surface area contributed by atoms with Crippen LogP contribution in [0.2, 0.25) is 0 Å². The van der Waals surface area contributed by atoms with Gasteiger partial charge in [-0.25, -0.2) is 9.59 Å². The van der Waals surface area contributed by atoms with Crippen LogP contribution in [0.1, 0.15) is 50.7 Å². The molecule has 2 aromatic carbocycles. The second kappa shape index (κ2) is 9.37. The van der Waals surface area contributed by atoms with E-state index in [4.69, 9.17) is 9.47 Å². The molecule has 180 valence electrons. The number of piperidine rings is 1. The fourth-order valence-corrected chi connectivity index (χ4v) is 4.64.